The second-order valence-electron chi connectivity index (χ2n) is 3.43. The number of thiazole rings is 1. The largest absolute Gasteiger partial charge is 0.464 e. The number of aromatic nitrogens is 1. The van der Waals surface area contributed by atoms with Gasteiger partial charge in [0.05, 0.1) is 0 Å². The molecule has 1 aromatic heterocycles. The van der Waals surface area contributed by atoms with Crippen molar-refractivity contribution in [2.24, 2.45) is 0 Å². The predicted octanol–water partition coefficient (Wildman–Crippen LogP) is 3.24. The molecule has 0 aliphatic carbocycles. The van der Waals surface area contributed by atoms with Gasteiger partial charge in [0.1, 0.15) is 16.5 Å². The molecule has 0 N–H and O–H groups in total. The van der Waals surface area contributed by atoms with E-state index < -0.39 is 0 Å². The van der Waals surface area contributed by atoms with Gasteiger partial charge in [-0.1, -0.05) is 29.9 Å². The number of rotatable bonds is 3. The third-order valence-electron chi connectivity index (χ3n) is 1.88. The molecule has 3 nitrogen and oxygen atoms in total. The van der Waals surface area contributed by atoms with Gasteiger partial charge in [0.2, 0.25) is 0 Å². The number of nitrogens with zero attached hydrogens (tertiary/aromatic N) is 2. The molecule has 0 amide bonds. The summed E-state index contributed by atoms with van der Waals surface area (Å²) in [5, 5.41) is 9.35. The summed E-state index contributed by atoms with van der Waals surface area (Å²) in [5.41, 5.74) is -0.270. The van der Waals surface area contributed by atoms with E-state index in [1.807, 2.05) is 26.8 Å². The fourth-order valence-electron chi connectivity index (χ4n) is 0.704. The van der Waals surface area contributed by atoms with E-state index in [9.17, 15) is 0 Å². The van der Waals surface area contributed by atoms with Crippen LogP contribution >= 0.6 is 22.9 Å². The van der Waals surface area contributed by atoms with E-state index in [-0.39, 0.29) is 10.8 Å². The van der Waals surface area contributed by atoms with Crippen molar-refractivity contribution in [3.8, 4) is 11.3 Å². The fourth-order valence-corrected chi connectivity index (χ4v) is 1.74. The topological polar surface area (TPSA) is 45.9 Å². The van der Waals surface area contributed by atoms with Gasteiger partial charge in [-0.25, -0.2) is 0 Å². The minimum atomic E-state index is -0.270. The fraction of sp³-hybridized carbons (Fsp3) is 0.556. The van der Waals surface area contributed by atoms with Crippen molar-refractivity contribution in [3.63, 3.8) is 0 Å². The van der Waals surface area contributed by atoms with Gasteiger partial charge in [-0.2, -0.15) is 10.2 Å². The van der Waals surface area contributed by atoms with Gasteiger partial charge in [-0.3, -0.25) is 0 Å². The number of hydrogen-bond acceptors (Lipinski definition) is 4. The van der Waals surface area contributed by atoms with Crippen LogP contribution in [-0.2, 0) is 0 Å². The first-order valence-corrected chi connectivity index (χ1v) is 5.43. The minimum Gasteiger partial charge on any atom is -0.464 e. The number of hydrogen-bond donors (Lipinski definition) is 0. The molecule has 0 saturated heterocycles. The molecule has 0 atom stereocenters. The van der Waals surface area contributed by atoms with Crippen LogP contribution in [-0.4, -0.2) is 10.6 Å². The highest BCUT2D eigenvalue weighted by Gasteiger charge is 2.20. The minimum absolute atomic E-state index is 0.222. The van der Waals surface area contributed by atoms with Crippen molar-refractivity contribution in [1.29, 1.82) is 5.26 Å². The Morgan fingerprint density at radius 1 is 1.64 bits per heavy atom. The lowest BCUT2D eigenvalue weighted by atomic mass is 10.1. The van der Waals surface area contributed by atoms with Crippen LogP contribution in [0.2, 0.25) is 5.15 Å². The molecule has 1 aromatic rings. The van der Waals surface area contributed by atoms with Gasteiger partial charge in [0.15, 0.2) is 5.15 Å². The van der Waals surface area contributed by atoms with E-state index in [1.165, 1.54) is 11.3 Å². The van der Waals surface area contributed by atoms with Crippen LogP contribution < -0.4 is 4.74 Å². The lowest BCUT2D eigenvalue weighted by Gasteiger charge is -2.22. The Bertz CT molecular complexity index is 367. The molecule has 5 heteroatoms. The molecule has 1 heterocycles. The van der Waals surface area contributed by atoms with Crippen molar-refractivity contribution in [3.05, 3.63) is 10.0 Å². The summed E-state index contributed by atoms with van der Waals surface area (Å²) in [6.07, 6.45) is 0.867. The highest BCUT2D eigenvalue weighted by molar-refractivity contribution is 7.14. The van der Waals surface area contributed by atoms with Crippen LogP contribution in [0.25, 0.3) is 0 Å². The summed E-state index contributed by atoms with van der Waals surface area (Å²) < 4.78 is 5.59. The first kappa shape index (κ1) is 11.3. The molecule has 0 aliphatic heterocycles. The lowest BCUT2D eigenvalue weighted by molar-refractivity contribution is 0.105. The normalized spacial score (nSPS) is 11.1. The smallest absolute Gasteiger partial charge is 0.276 e. The van der Waals surface area contributed by atoms with Crippen LogP contribution in [0.1, 0.15) is 32.1 Å². The predicted molar refractivity (Wildman–Crippen MR) is 56.8 cm³/mol. The molecule has 0 unspecified atom stereocenters. The Morgan fingerprint density at radius 2 is 2.29 bits per heavy atom. The zero-order valence-corrected chi connectivity index (χ0v) is 9.87. The van der Waals surface area contributed by atoms with E-state index in [0.717, 1.165) is 6.42 Å². The Labute approximate surface area is 92.3 Å². The highest BCUT2D eigenvalue weighted by Crippen LogP contribution is 2.30. The number of halogens is 1. The van der Waals surface area contributed by atoms with Crippen molar-refractivity contribution < 1.29 is 4.74 Å². The molecule has 76 valence electrons. The van der Waals surface area contributed by atoms with Crippen molar-refractivity contribution >= 4 is 22.9 Å². The van der Waals surface area contributed by atoms with Gasteiger partial charge < -0.3 is 4.74 Å². The van der Waals surface area contributed by atoms with E-state index in [1.54, 1.807) is 0 Å². The Kier molecular flexibility index (Phi) is 3.35. The summed E-state index contributed by atoms with van der Waals surface area (Å²) >= 11 is 6.89. The molecule has 0 aromatic carbocycles. The van der Waals surface area contributed by atoms with Gasteiger partial charge in [0, 0.05) is 0 Å². The Morgan fingerprint density at radius 3 is 2.71 bits per heavy atom. The van der Waals surface area contributed by atoms with E-state index in [4.69, 9.17) is 21.6 Å². The van der Waals surface area contributed by atoms with Crippen LogP contribution in [0, 0.1) is 11.3 Å². The molecule has 14 heavy (non-hydrogen) atoms. The number of nitriles is 1. The second-order valence-corrected chi connectivity index (χ2v) is 4.75. The molecule has 0 aliphatic rings. The maximum absolute atomic E-state index is 8.67. The number of ether oxygens (including phenoxy) is 1. The summed E-state index contributed by atoms with van der Waals surface area (Å²) in [4.78, 5) is 4.35. The maximum atomic E-state index is 8.67. The monoisotopic (exact) mass is 230 g/mol. The Hall–Kier alpha value is -0.790. The third-order valence-corrected chi connectivity index (χ3v) is 3.11. The summed E-state index contributed by atoms with van der Waals surface area (Å²) in [5.74, 6) is 0. The molecule has 0 bridgehead atoms. The quantitative estimate of drug-likeness (QED) is 0.801. The average Bonchev–Trinajstić information content (AvgIpc) is 2.45. The molecule has 0 saturated carbocycles. The second kappa shape index (κ2) is 4.16. The van der Waals surface area contributed by atoms with Gasteiger partial charge in [0.25, 0.3) is 5.19 Å². The van der Waals surface area contributed by atoms with Crippen LogP contribution in [0.5, 0.6) is 5.19 Å². The molecule has 0 fully saturated rings. The first-order valence-electron chi connectivity index (χ1n) is 4.24. The third kappa shape index (κ3) is 2.60. The standard InChI is InChI=1S/C9H11ClN2OS/c1-4-9(2,3)13-8-12-7(10)6(5-11)14-8/h4H2,1-3H3. The zero-order chi connectivity index (χ0) is 10.8. The van der Waals surface area contributed by atoms with Crippen molar-refractivity contribution in [2.45, 2.75) is 32.8 Å². The summed E-state index contributed by atoms with van der Waals surface area (Å²) in [7, 11) is 0. The van der Waals surface area contributed by atoms with E-state index >= 15 is 0 Å². The Balaban J connectivity index is 2.84. The summed E-state index contributed by atoms with van der Waals surface area (Å²) in [6, 6.07) is 1.96. The van der Waals surface area contributed by atoms with E-state index in [0.29, 0.717) is 10.1 Å². The van der Waals surface area contributed by atoms with Crippen LogP contribution in [0.4, 0.5) is 0 Å². The van der Waals surface area contributed by atoms with Crippen LogP contribution in [0.15, 0.2) is 0 Å². The molecular formula is C9H11ClN2OS. The van der Waals surface area contributed by atoms with Gasteiger partial charge >= 0.3 is 0 Å². The van der Waals surface area contributed by atoms with Gasteiger partial charge in [-0.05, 0) is 20.3 Å². The van der Waals surface area contributed by atoms with Gasteiger partial charge in [-0.15, -0.1) is 0 Å². The average molecular weight is 231 g/mol. The van der Waals surface area contributed by atoms with Crippen molar-refractivity contribution in [1.82, 2.24) is 4.98 Å². The lowest BCUT2D eigenvalue weighted by Crippen LogP contribution is -2.26. The summed E-state index contributed by atoms with van der Waals surface area (Å²) in [6.45, 7) is 5.96. The SMILES string of the molecule is CCC(C)(C)Oc1nc(Cl)c(C#N)s1. The zero-order valence-electron chi connectivity index (χ0n) is 8.30. The first-order chi connectivity index (χ1) is 6.48. The highest BCUT2D eigenvalue weighted by atomic mass is 35.5. The molecule has 1 rings (SSSR count). The van der Waals surface area contributed by atoms with Crippen molar-refractivity contribution in [2.75, 3.05) is 0 Å². The van der Waals surface area contributed by atoms with Crippen LogP contribution in [0.3, 0.4) is 0 Å². The molecule has 0 spiro atoms. The maximum Gasteiger partial charge on any atom is 0.276 e. The molecular weight excluding hydrogens is 220 g/mol. The molecule has 0 radical (unpaired) electrons. The van der Waals surface area contributed by atoms with E-state index in [2.05, 4.69) is 4.98 Å².